The Morgan fingerprint density at radius 1 is 1.28 bits per heavy atom. The number of aromatic nitrogens is 1. The first kappa shape index (κ1) is 13.6. The molecule has 0 saturated carbocycles. The maximum Gasteiger partial charge on any atom is 0.123 e. The van der Waals surface area contributed by atoms with E-state index in [2.05, 4.69) is 42.8 Å². The van der Waals surface area contributed by atoms with Crippen LogP contribution >= 0.6 is 23.1 Å². The molecule has 2 rings (SSSR count). The zero-order chi connectivity index (χ0) is 13.0. The fourth-order valence-electron chi connectivity index (χ4n) is 1.82. The topological polar surface area (TPSA) is 24.9 Å². The molecule has 0 aliphatic heterocycles. The van der Waals surface area contributed by atoms with E-state index in [-0.39, 0.29) is 0 Å². The quantitative estimate of drug-likeness (QED) is 0.842. The van der Waals surface area contributed by atoms with Crippen molar-refractivity contribution in [2.24, 2.45) is 0 Å². The van der Waals surface area contributed by atoms with Gasteiger partial charge in [-0.15, -0.1) is 23.1 Å². The minimum absolute atomic E-state index is 0.906. The van der Waals surface area contributed by atoms with Crippen LogP contribution in [0.2, 0.25) is 0 Å². The standard InChI is InChI=1S/C14H18N2S2/c1-4-12-13(9-15-2)18-14(16-12)10-5-7-11(17-3)8-6-10/h5-8,15H,4,9H2,1-3H3. The lowest BCUT2D eigenvalue weighted by molar-refractivity contribution is 0.815. The molecule has 0 aliphatic carbocycles. The first-order valence-electron chi connectivity index (χ1n) is 6.06. The van der Waals surface area contributed by atoms with Gasteiger partial charge in [-0.1, -0.05) is 19.1 Å². The Bertz CT molecular complexity index is 503. The number of aryl methyl sites for hydroxylation is 1. The Labute approximate surface area is 117 Å². The summed E-state index contributed by atoms with van der Waals surface area (Å²) in [5.74, 6) is 0. The van der Waals surface area contributed by atoms with Crippen molar-refractivity contribution in [1.82, 2.24) is 10.3 Å². The normalized spacial score (nSPS) is 10.8. The molecule has 0 radical (unpaired) electrons. The lowest BCUT2D eigenvalue weighted by Crippen LogP contribution is -2.05. The van der Waals surface area contributed by atoms with Gasteiger partial charge in [0, 0.05) is 21.9 Å². The number of hydrogen-bond acceptors (Lipinski definition) is 4. The molecule has 2 aromatic rings. The van der Waals surface area contributed by atoms with Crippen LogP contribution < -0.4 is 5.32 Å². The Morgan fingerprint density at radius 2 is 2.00 bits per heavy atom. The van der Waals surface area contributed by atoms with E-state index in [1.165, 1.54) is 21.0 Å². The molecule has 0 unspecified atom stereocenters. The van der Waals surface area contributed by atoms with Crippen LogP contribution in [0.5, 0.6) is 0 Å². The molecule has 96 valence electrons. The fourth-order valence-corrected chi connectivity index (χ4v) is 3.39. The third kappa shape index (κ3) is 2.94. The molecular formula is C14H18N2S2. The van der Waals surface area contributed by atoms with E-state index in [1.807, 2.05) is 7.05 Å². The Balaban J connectivity index is 2.31. The summed E-state index contributed by atoms with van der Waals surface area (Å²) in [6.45, 7) is 3.07. The van der Waals surface area contributed by atoms with Gasteiger partial charge in [0.25, 0.3) is 0 Å². The van der Waals surface area contributed by atoms with Gasteiger partial charge in [0.05, 0.1) is 5.69 Å². The highest BCUT2D eigenvalue weighted by Crippen LogP contribution is 2.29. The van der Waals surface area contributed by atoms with Crippen molar-refractivity contribution in [3.05, 3.63) is 34.8 Å². The molecule has 0 spiro atoms. The molecule has 1 aromatic carbocycles. The van der Waals surface area contributed by atoms with Gasteiger partial charge in [-0.05, 0) is 31.9 Å². The summed E-state index contributed by atoms with van der Waals surface area (Å²) in [6.07, 6.45) is 3.09. The predicted octanol–water partition coefficient (Wildman–Crippen LogP) is 3.81. The highest BCUT2D eigenvalue weighted by atomic mass is 32.2. The zero-order valence-corrected chi connectivity index (χ0v) is 12.6. The second-order valence-corrected chi connectivity index (χ2v) is 5.96. The van der Waals surface area contributed by atoms with Gasteiger partial charge in [0.1, 0.15) is 5.01 Å². The average molecular weight is 278 g/mol. The van der Waals surface area contributed by atoms with Crippen molar-refractivity contribution < 1.29 is 0 Å². The lowest BCUT2D eigenvalue weighted by atomic mass is 10.2. The van der Waals surface area contributed by atoms with Crippen LogP contribution in [0.3, 0.4) is 0 Å². The summed E-state index contributed by atoms with van der Waals surface area (Å²) in [5, 5.41) is 4.34. The molecule has 0 amide bonds. The summed E-state index contributed by atoms with van der Waals surface area (Å²) in [4.78, 5) is 7.39. The Morgan fingerprint density at radius 3 is 2.56 bits per heavy atom. The third-order valence-corrected chi connectivity index (χ3v) is 4.68. The van der Waals surface area contributed by atoms with Crippen molar-refractivity contribution in [3.63, 3.8) is 0 Å². The number of thiazole rings is 1. The Kier molecular flexibility index (Phi) is 4.80. The van der Waals surface area contributed by atoms with Crippen LogP contribution in [0.4, 0.5) is 0 Å². The molecule has 0 fully saturated rings. The fraction of sp³-hybridized carbons (Fsp3) is 0.357. The van der Waals surface area contributed by atoms with Crippen molar-refractivity contribution in [2.75, 3.05) is 13.3 Å². The van der Waals surface area contributed by atoms with E-state index in [9.17, 15) is 0 Å². The molecule has 0 aliphatic rings. The van der Waals surface area contributed by atoms with Crippen LogP contribution in [-0.2, 0) is 13.0 Å². The first-order valence-corrected chi connectivity index (χ1v) is 8.10. The monoisotopic (exact) mass is 278 g/mol. The van der Waals surface area contributed by atoms with E-state index in [1.54, 1.807) is 23.1 Å². The third-order valence-electron chi connectivity index (χ3n) is 2.79. The number of benzene rings is 1. The van der Waals surface area contributed by atoms with E-state index in [0.29, 0.717) is 0 Å². The maximum atomic E-state index is 4.74. The number of hydrogen-bond donors (Lipinski definition) is 1. The summed E-state index contributed by atoms with van der Waals surface area (Å²) in [7, 11) is 1.98. The number of thioether (sulfide) groups is 1. The summed E-state index contributed by atoms with van der Waals surface area (Å²) in [5.41, 5.74) is 2.44. The minimum atomic E-state index is 0.906. The highest BCUT2D eigenvalue weighted by molar-refractivity contribution is 7.98. The second-order valence-electron chi connectivity index (χ2n) is 4.00. The van der Waals surface area contributed by atoms with E-state index >= 15 is 0 Å². The van der Waals surface area contributed by atoms with Gasteiger partial charge in [-0.25, -0.2) is 4.98 Å². The first-order chi connectivity index (χ1) is 8.78. The van der Waals surface area contributed by atoms with Crippen LogP contribution in [0.15, 0.2) is 29.2 Å². The van der Waals surface area contributed by atoms with Gasteiger partial charge in [0.15, 0.2) is 0 Å². The molecule has 1 heterocycles. The minimum Gasteiger partial charge on any atom is -0.315 e. The molecule has 2 nitrogen and oxygen atoms in total. The SMILES string of the molecule is CCc1nc(-c2ccc(SC)cc2)sc1CNC. The molecular weight excluding hydrogens is 260 g/mol. The van der Waals surface area contributed by atoms with Crippen LogP contribution in [0, 0.1) is 0 Å². The molecule has 0 atom stereocenters. The summed E-state index contributed by atoms with van der Waals surface area (Å²) < 4.78 is 0. The van der Waals surface area contributed by atoms with Crippen molar-refractivity contribution in [1.29, 1.82) is 0 Å². The van der Waals surface area contributed by atoms with Crippen molar-refractivity contribution in [2.45, 2.75) is 24.8 Å². The Hall–Kier alpha value is -0.840. The molecule has 0 bridgehead atoms. The second kappa shape index (κ2) is 6.36. The molecule has 0 saturated heterocycles. The average Bonchev–Trinajstić information content (AvgIpc) is 2.82. The van der Waals surface area contributed by atoms with Crippen LogP contribution in [-0.4, -0.2) is 18.3 Å². The zero-order valence-electron chi connectivity index (χ0n) is 11.0. The van der Waals surface area contributed by atoms with Crippen molar-refractivity contribution >= 4 is 23.1 Å². The highest BCUT2D eigenvalue weighted by Gasteiger charge is 2.10. The van der Waals surface area contributed by atoms with Gasteiger partial charge in [-0.2, -0.15) is 0 Å². The van der Waals surface area contributed by atoms with Gasteiger partial charge in [-0.3, -0.25) is 0 Å². The number of nitrogens with zero attached hydrogens (tertiary/aromatic N) is 1. The van der Waals surface area contributed by atoms with Gasteiger partial charge < -0.3 is 5.32 Å². The van der Waals surface area contributed by atoms with Crippen molar-refractivity contribution in [3.8, 4) is 10.6 Å². The maximum absolute atomic E-state index is 4.74. The van der Waals surface area contributed by atoms with Gasteiger partial charge in [0.2, 0.25) is 0 Å². The molecule has 4 heteroatoms. The molecule has 1 aromatic heterocycles. The summed E-state index contributed by atoms with van der Waals surface area (Å²) in [6, 6.07) is 8.63. The lowest BCUT2D eigenvalue weighted by Gasteiger charge is -1.98. The number of rotatable bonds is 5. The number of nitrogens with one attached hydrogen (secondary N) is 1. The summed E-state index contributed by atoms with van der Waals surface area (Å²) >= 11 is 3.56. The molecule has 18 heavy (non-hydrogen) atoms. The van der Waals surface area contributed by atoms with Crippen LogP contribution in [0.25, 0.3) is 10.6 Å². The smallest absolute Gasteiger partial charge is 0.123 e. The van der Waals surface area contributed by atoms with Gasteiger partial charge >= 0.3 is 0 Å². The van der Waals surface area contributed by atoms with E-state index in [0.717, 1.165) is 18.0 Å². The largest absolute Gasteiger partial charge is 0.315 e. The van der Waals surface area contributed by atoms with Crippen LogP contribution in [0.1, 0.15) is 17.5 Å². The van der Waals surface area contributed by atoms with E-state index < -0.39 is 0 Å². The predicted molar refractivity (Wildman–Crippen MR) is 81.5 cm³/mol. The van der Waals surface area contributed by atoms with E-state index in [4.69, 9.17) is 4.98 Å². The molecule has 1 N–H and O–H groups in total.